The highest BCUT2D eigenvalue weighted by atomic mass is 127. The Labute approximate surface area is 188 Å². The maximum Gasteiger partial charge on any atom is 0.191 e. The van der Waals surface area contributed by atoms with Crippen LogP contribution >= 0.6 is 24.0 Å². The second-order valence-corrected chi connectivity index (χ2v) is 8.22. The van der Waals surface area contributed by atoms with E-state index in [0.29, 0.717) is 6.54 Å². The van der Waals surface area contributed by atoms with Crippen LogP contribution in [0.25, 0.3) is 0 Å². The number of hydrogen-bond donors (Lipinski definition) is 2. The van der Waals surface area contributed by atoms with Gasteiger partial charge in [0.05, 0.1) is 5.60 Å². The van der Waals surface area contributed by atoms with E-state index in [9.17, 15) is 0 Å². The predicted octanol–water partition coefficient (Wildman–Crippen LogP) is 4.16. The molecule has 0 atom stereocenters. The number of ether oxygens (including phenoxy) is 1. The van der Waals surface area contributed by atoms with E-state index in [1.54, 1.807) is 14.2 Å². The highest BCUT2D eigenvalue weighted by molar-refractivity contribution is 14.0. The molecule has 1 aromatic rings. The average molecular weight is 502 g/mol. The zero-order valence-corrected chi connectivity index (χ0v) is 20.6. The van der Waals surface area contributed by atoms with Gasteiger partial charge < -0.3 is 15.4 Å². The molecule has 28 heavy (non-hydrogen) atoms. The van der Waals surface area contributed by atoms with Gasteiger partial charge in [0.1, 0.15) is 0 Å². The molecule has 1 aliphatic carbocycles. The van der Waals surface area contributed by atoms with Gasteiger partial charge in [0.2, 0.25) is 0 Å². The Kier molecular flexibility index (Phi) is 11.4. The molecule has 6 heteroatoms. The van der Waals surface area contributed by atoms with E-state index >= 15 is 0 Å². The van der Waals surface area contributed by atoms with E-state index < -0.39 is 0 Å². The van der Waals surface area contributed by atoms with Crippen molar-refractivity contribution in [1.29, 1.82) is 0 Å². The molecule has 2 N–H and O–H groups in total. The second-order valence-electron chi connectivity index (χ2n) is 8.22. The fourth-order valence-corrected chi connectivity index (χ4v) is 3.57. The zero-order valence-electron chi connectivity index (χ0n) is 18.3. The van der Waals surface area contributed by atoms with E-state index in [2.05, 4.69) is 65.7 Å². The van der Waals surface area contributed by atoms with Crippen LogP contribution in [-0.2, 0) is 17.8 Å². The van der Waals surface area contributed by atoms with Gasteiger partial charge in [-0.2, -0.15) is 0 Å². The molecule has 1 fully saturated rings. The lowest BCUT2D eigenvalue weighted by Gasteiger charge is -2.31. The molecule has 1 saturated carbocycles. The molecule has 0 saturated heterocycles. The number of benzene rings is 1. The predicted molar refractivity (Wildman–Crippen MR) is 129 cm³/mol. The molecule has 0 aromatic heterocycles. The Bertz CT molecular complexity index is 600. The van der Waals surface area contributed by atoms with Crippen LogP contribution < -0.4 is 10.6 Å². The van der Waals surface area contributed by atoms with Crippen LogP contribution in [0.2, 0.25) is 0 Å². The fraction of sp³-hybridized carbons (Fsp3) is 0.682. The number of methoxy groups -OCH3 is 1. The van der Waals surface area contributed by atoms with Gasteiger partial charge >= 0.3 is 0 Å². The first-order valence-electron chi connectivity index (χ1n) is 10.2. The lowest BCUT2D eigenvalue weighted by atomic mass is 9.94. The number of halogens is 1. The average Bonchev–Trinajstić information content (AvgIpc) is 2.69. The van der Waals surface area contributed by atoms with Crippen LogP contribution in [0, 0.1) is 0 Å². The minimum atomic E-state index is -0.224. The van der Waals surface area contributed by atoms with Crippen molar-refractivity contribution in [2.75, 3.05) is 27.7 Å². The number of guanidine groups is 1. The fourth-order valence-electron chi connectivity index (χ4n) is 3.57. The van der Waals surface area contributed by atoms with Crippen LogP contribution in [0.1, 0.15) is 57.1 Å². The molecule has 0 unspecified atom stereocenters. The Hall–Kier alpha value is -0.860. The molecular weight excluding hydrogens is 463 g/mol. The van der Waals surface area contributed by atoms with Crippen LogP contribution in [-0.4, -0.2) is 50.3 Å². The minimum absolute atomic E-state index is 0. The Balaban J connectivity index is 0.00000392. The van der Waals surface area contributed by atoms with Crippen molar-refractivity contribution in [2.24, 2.45) is 4.99 Å². The number of nitrogens with zero attached hydrogens (tertiary/aromatic N) is 2. The third kappa shape index (κ3) is 8.25. The molecule has 0 bridgehead atoms. The van der Waals surface area contributed by atoms with Crippen LogP contribution in [0.15, 0.2) is 29.3 Å². The molecule has 1 aromatic carbocycles. The molecule has 0 aliphatic heterocycles. The summed E-state index contributed by atoms with van der Waals surface area (Å²) in [6.45, 7) is 6.59. The molecule has 0 amide bonds. The van der Waals surface area contributed by atoms with Crippen LogP contribution in [0.5, 0.6) is 0 Å². The molecule has 0 spiro atoms. The SMILES string of the molecule is CN=C(NCc1ccccc1CN(C)C1CCCCC1)NCC(C)(C)OC.I. The first-order chi connectivity index (χ1) is 12.9. The molecule has 160 valence electrons. The smallest absolute Gasteiger partial charge is 0.191 e. The van der Waals surface area contributed by atoms with E-state index in [0.717, 1.165) is 25.1 Å². The van der Waals surface area contributed by atoms with E-state index in [1.165, 1.54) is 43.2 Å². The monoisotopic (exact) mass is 502 g/mol. The summed E-state index contributed by atoms with van der Waals surface area (Å²) in [5, 5.41) is 6.79. The summed E-state index contributed by atoms with van der Waals surface area (Å²) in [4.78, 5) is 6.87. The summed E-state index contributed by atoms with van der Waals surface area (Å²) < 4.78 is 5.47. The van der Waals surface area contributed by atoms with Crippen molar-refractivity contribution in [2.45, 2.75) is 70.7 Å². The second kappa shape index (κ2) is 12.6. The Morgan fingerprint density at radius 1 is 1.14 bits per heavy atom. The lowest BCUT2D eigenvalue weighted by molar-refractivity contribution is 0.0268. The summed E-state index contributed by atoms with van der Waals surface area (Å²) in [7, 11) is 5.81. The van der Waals surface area contributed by atoms with Crippen molar-refractivity contribution in [1.82, 2.24) is 15.5 Å². The van der Waals surface area contributed by atoms with Crippen molar-refractivity contribution in [3.05, 3.63) is 35.4 Å². The van der Waals surface area contributed by atoms with Crippen LogP contribution in [0.3, 0.4) is 0 Å². The Morgan fingerprint density at radius 2 is 1.79 bits per heavy atom. The van der Waals surface area contributed by atoms with E-state index in [4.69, 9.17) is 4.74 Å². The van der Waals surface area contributed by atoms with Gasteiger partial charge in [-0.25, -0.2) is 0 Å². The van der Waals surface area contributed by atoms with Crippen molar-refractivity contribution in [3.63, 3.8) is 0 Å². The molecule has 0 radical (unpaired) electrons. The quantitative estimate of drug-likeness (QED) is 0.319. The summed E-state index contributed by atoms with van der Waals surface area (Å²) in [5.74, 6) is 0.801. The topological polar surface area (TPSA) is 48.9 Å². The number of nitrogens with one attached hydrogen (secondary N) is 2. The molecule has 1 aliphatic rings. The van der Waals surface area contributed by atoms with Gasteiger partial charge in [0, 0.05) is 39.8 Å². The minimum Gasteiger partial charge on any atom is -0.377 e. The third-order valence-electron chi connectivity index (χ3n) is 5.64. The largest absolute Gasteiger partial charge is 0.377 e. The number of aliphatic imine (C=N–C) groups is 1. The lowest BCUT2D eigenvalue weighted by Crippen LogP contribution is -2.45. The third-order valence-corrected chi connectivity index (χ3v) is 5.64. The Morgan fingerprint density at radius 3 is 2.39 bits per heavy atom. The van der Waals surface area contributed by atoms with Crippen LogP contribution in [0.4, 0.5) is 0 Å². The molecule has 5 nitrogen and oxygen atoms in total. The van der Waals surface area contributed by atoms with Crippen molar-refractivity contribution < 1.29 is 4.74 Å². The maximum atomic E-state index is 5.47. The highest BCUT2D eigenvalue weighted by Crippen LogP contribution is 2.23. The maximum absolute atomic E-state index is 5.47. The summed E-state index contributed by atoms with van der Waals surface area (Å²) in [6, 6.07) is 9.45. The van der Waals surface area contributed by atoms with Crippen molar-refractivity contribution in [3.8, 4) is 0 Å². The summed E-state index contributed by atoms with van der Waals surface area (Å²) in [5.41, 5.74) is 2.50. The summed E-state index contributed by atoms with van der Waals surface area (Å²) in [6.07, 6.45) is 6.82. The zero-order chi connectivity index (χ0) is 19.7. The molecule has 2 rings (SSSR count). The summed E-state index contributed by atoms with van der Waals surface area (Å²) >= 11 is 0. The van der Waals surface area contributed by atoms with Crippen molar-refractivity contribution >= 4 is 29.9 Å². The van der Waals surface area contributed by atoms with Gasteiger partial charge in [-0.15, -0.1) is 24.0 Å². The van der Waals surface area contributed by atoms with Gasteiger partial charge in [-0.05, 0) is 44.9 Å². The normalized spacial score (nSPS) is 16.0. The number of hydrogen-bond acceptors (Lipinski definition) is 3. The highest BCUT2D eigenvalue weighted by Gasteiger charge is 2.19. The first-order valence-corrected chi connectivity index (χ1v) is 10.2. The molecular formula is C22H39IN4O. The number of rotatable bonds is 8. The van der Waals surface area contributed by atoms with Gasteiger partial charge in [-0.1, -0.05) is 43.5 Å². The van der Waals surface area contributed by atoms with Gasteiger partial charge in [0.15, 0.2) is 5.96 Å². The standard InChI is InChI=1S/C22H38N4O.HI/c1-22(2,27-5)17-25-21(23-3)24-15-18-11-9-10-12-19(18)16-26(4)20-13-7-6-8-14-20;/h9-12,20H,6-8,13-17H2,1-5H3,(H2,23,24,25);1H. The van der Waals surface area contributed by atoms with E-state index in [-0.39, 0.29) is 29.6 Å². The van der Waals surface area contributed by atoms with E-state index in [1.807, 2.05) is 0 Å². The van der Waals surface area contributed by atoms with Gasteiger partial charge in [0.25, 0.3) is 0 Å². The first kappa shape index (κ1) is 25.2. The van der Waals surface area contributed by atoms with Gasteiger partial charge in [-0.3, -0.25) is 9.89 Å². The molecule has 0 heterocycles.